The first-order valence-corrected chi connectivity index (χ1v) is 6.81. The Hall–Kier alpha value is -1.00. The summed E-state index contributed by atoms with van der Waals surface area (Å²) in [6.07, 6.45) is -2.12. The van der Waals surface area contributed by atoms with E-state index in [4.69, 9.17) is 20.3 Å². The molecule has 19 heavy (non-hydrogen) atoms. The van der Waals surface area contributed by atoms with Crippen molar-refractivity contribution in [3.63, 3.8) is 0 Å². The van der Waals surface area contributed by atoms with Crippen LogP contribution in [0.2, 0.25) is 0 Å². The van der Waals surface area contributed by atoms with Crippen LogP contribution >= 0.6 is 7.82 Å². The fraction of sp³-hybridized carbons (Fsp3) is 0.625. The highest BCUT2D eigenvalue weighted by Gasteiger charge is 2.44. The molecule has 1 fully saturated rings. The third-order valence-corrected chi connectivity index (χ3v) is 3.20. The number of imidazole rings is 1. The average Bonchev–Trinajstić information content (AvgIpc) is 2.83. The maximum Gasteiger partial charge on any atom is 0.469 e. The number of aliphatic hydroxyl groups is 2. The highest BCUT2D eigenvalue weighted by molar-refractivity contribution is 7.46. The molecule has 2 rings (SSSR count). The smallest absolute Gasteiger partial charge is 0.387 e. The number of anilines is 1. The van der Waals surface area contributed by atoms with E-state index < -0.39 is 39.0 Å². The molecular weight excluding hydrogens is 281 g/mol. The molecule has 0 amide bonds. The first-order valence-electron chi connectivity index (χ1n) is 5.28. The van der Waals surface area contributed by atoms with Gasteiger partial charge in [0.25, 0.3) is 0 Å². The summed E-state index contributed by atoms with van der Waals surface area (Å²) in [4.78, 5) is 20.9. The van der Waals surface area contributed by atoms with E-state index in [0.717, 1.165) is 0 Å². The normalized spacial score (nSPS) is 31.8. The fourth-order valence-electron chi connectivity index (χ4n) is 1.79. The zero-order valence-electron chi connectivity index (χ0n) is 9.60. The lowest BCUT2D eigenvalue weighted by molar-refractivity contribution is -0.0510. The van der Waals surface area contributed by atoms with Crippen molar-refractivity contribution in [1.29, 1.82) is 0 Å². The molecule has 0 aromatic carbocycles. The largest absolute Gasteiger partial charge is 0.469 e. The van der Waals surface area contributed by atoms with E-state index in [1.54, 1.807) is 0 Å². The van der Waals surface area contributed by atoms with Gasteiger partial charge < -0.3 is 30.5 Å². The number of nitrogens with two attached hydrogens (primary N) is 1. The molecule has 4 atom stereocenters. The van der Waals surface area contributed by atoms with Crippen LogP contribution in [0.3, 0.4) is 0 Å². The van der Waals surface area contributed by atoms with Crippen molar-refractivity contribution in [3.8, 4) is 0 Å². The minimum Gasteiger partial charge on any atom is -0.387 e. The Kier molecular flexibility index (Phi) is 3.92. The highest BCUT2D eigenvalue weighted by atomic mass is 31.2. The van der Waals surface area contributed by atoms with Crippen LogP contribution in [0.15, 0.2) is 12.5 Å². The number of hydrogen-bond donors (Lipinski definition) is 5. The zero-order valence-corrected chi connectivity index (χ0v) is 10.5. The molecule has 0 aliphatic carbocycles. The number of ether oxygens (including phenoxy) is 1. The highest BCUT2D eigenvalue weighted by Crippen LogP contribution is 2.38. The number of aromatic nitrogens is 2. The topological polar surface area (TPSA) is 160 Å². The second kappa shape index (κ2) is 5.17. The lowest BCUT2D eigenvalue weighted by Gasteiger charge is -2.17. The van der Waals surface area contributed by atoms with Gasteiger partial charge in [-0.05, 0) is 0 Å². The van der Waals surface area contributed by atoms with Gasteiger partial charge in [-0.25, -0.2) is 9.55 Å². The van der Waals surface area contributed by atoms with Gasteiger partial charge in [0.05, 0.1) is 19.1 Å². The Bertz CT molecular complexity index is 488. The molecule has 1 aliphatic heterocycles. The summed E-state index contributed by atoms with van der Waals surface area (Å²) in [5.74, 6) is 0.216. The van der Waals surface area contributed by atoms with E-state index >= 15 is 0 Å². The van der Waals surface area contributed by atoms with Gasteiger partial charge in [0.2, 0.25) is 0 Å². The molecule has 6 N–H and O–H groups in total. The SMILES string of the molecule is Nc1cncn1[C@@H]1O[C@H](COP(=O)(O)O)[C@@H](O)[C@H]1O. The van der Waals surface area contributed by atoms with Crippen LogP contribution in [0.25, 0.3) is 0 Å². The van der Waals surface area contributed by atoms with Crippen molar-refractivity contribution in [2.75, 3.05) is 12.3 Å². The third kappa shape index (κ3) is 3.12. The second-order valence-corrected chi connectivity index (χ2v) is 5.30. The molecule has 1 aromatic rings. The molecule has 0 bridgehead atoms. The summed E-state index contributed by atoms with van der Waals surface area (Å²) < 4.78 is 21.4. The molecule has 1 aliphatic rings. The lowest BCUT2D eigenvalue weighted by atomic mass is 10.1. The molecule has 0 unspecified atom stereocenters. The molecule has 2 heterocycles. The van der Waals surface area contributed by atoms with Crippen LogP contribution in [-0.4, -0.2) is 54.5 Å². The molecule has 1 aromatic heterocycles. The minimum absolute atomic E-state index is 0.216. The van der Waals surface area contributed by atoms with Crippen molar-refractivity contribution in [3.05, 3.63) is 12.5 Å². The summed E-state index contributed by atoms with van der Waals surface area (Å²) in [7, 11) is -4.67. The van der Waals surface area contributed by atoms with Crippen LogP contribution in [0.1, 0.15) is 6.23 Å². The second-order valence-electron chi connectivity index (χ2n) is 4.06. The lowest BCUT2D eigenvalue weighted by Crippen LogP contribution is -2.33. The van der Waals surface area contributed by atoms with Gasteiger partial charge in [0.15, 0.2) is 6.23 Å². The minimum atomic E-state index is -4.67. The van der Waals surface area contributed by atoms with Gasteiger partial charge in [-0.2, -0.15) is 0 Å². The van der Waals surface area contributed by atoms with Crippen molar-refractivity contribution >= 4 is 13.6 Å². The maximum atomic E-state index is 10.6. The van der Waals surface area contributed by atoms with Gasteiger partial charge in [0, 0.05) is 0 Å². The van der Waals surface area contributed by atoms with Crippen molar-refractivity contribution in [2.45, 2.75) is 24.5 Å². The molecule has 0 spiro atoms. The summed E-state index contributed by atoms with van der Waals surface area (Å²) in [5.41, 5.74) is 5.59. The molecule has 108 valence electrons. The first kappa shape index (κ1) is 14.4. The number of rotatable bonds is 4. The molecule has 11 heteroatoms. The van der Waals surface area contributed by atoms with Crippen LogP contribution in [0.5, 0.6) is 0 Å². The number of phosphoric ester groups is 1. The van der Waals surface area contributed by atoms with Gasteiger partial charge in [-0.1, -0.05) is 0 Å². The predicted octanol–water partition coefficient (Wildman–Crippen LogP) is -1.81. The van der Waals surface area contributed by atoms with Gasteiger partial charge in [-0.3, -0.25) is 9.09 Å². The Balaban J connectivity index is 2.07. The Morgan fingerprint density at radius 3 is 2.68 bits per heavy atom. The number of nitrogen functional groups attached to an aromatic ring is 1. The van der Waals surface area contributed by atoms with E-state index in [-0.39, 0.29) is 5.82 Å². The first-order chi connectivity index (χ1) is 8.79. The number of hydrogen-bond acceptors (Lipinski definition) is 7. The van der Waals surface area contributed by atoms with Crippen molar-refractivity contribution in [1.82, 2.24) is 9.55 Å². The Labute approximate surface area is 107 Å². The summed E-state index contributed by atoms with van der Waals surface area (Å²) in [6, 6.07) is 0. The average molecular weight is 295 g/mol. The Morgan fingerprint density at radius 2 is 2.16 bits per heavy atom. The van der Waals surface area contributed by atoms with E-state index in [0.29, 0.717) is 0 Å². The predicted molar refractivity (Wildman–Crippen MR) is 60.6 cm³/mol. The van der Waals surface area contributed by atoms with Gasteiger partial charge in [-0.15, -0.1) is 0 Å². The summed E-state index contributed by atoms with van der Waals surface area (Å²) in [6.45, 7) is -0.562. The van der Waals surface area contributed by atoms with Crippen molar-refractivity contribution < 1.29 is 33.8 Å². The van der Waals surface area contributed by atoms with Crippen LogP contribution in [0, 0.1) is 0 Å². The fourth-order valence-corrected chi connectivity index (χ4v) is 2.14. The zero-order chi connectivity index (χ0) is 14.2. The Morgan fingerprint density at radius 1 is 1.47 bits per heavy atom. The molecule has 1 saturated heterocycles. The number of aliphatic hydroxyl groups excluding tert-OH is 2. The third-order valence-electron chi connectivity index (χ3n) is 2.71. The van der Waals surface area contributed by atoms with E-state index in [2.05, 4.69) is 9.51 Å². The van der Waals surface area contributed by atoms with E-state index in [1.165, 1.54) is 17.1 Å². The quantitative estimate of drug-likeness (QED) is 0.403. The number of nitrogens with zero attached hydrogens (tertiary/aromatic N) is 2. The van der Waals surface area contributed by atoms with E-state index in [1.807, 2.05) is 0 Å². The summed E-state index contributed by atoms with van der Waals surface area (Å²) >= 11 is 0. The van der Waals surface area contributed by atoms with Crippen LogP contribution in [-0.2, 0) is 13.8 Å². The molecule has 0 radical (unpaired) electrons. The summed E-state index contributed by atoms with van der Waals surface area (Å²) in [5, 5.41) is 19.6. The van der Waals surface area contributed by atoms with Crippen LogP contribution < -0.4 is 5.73 Å². The molecular formula is C8H14N3O7P. The van der Waals surface area contributed by atoms with Crippen molar-refractivity contribution in [2.24, 2.45) is 0 Å². The van der Waals surface area contributed by atoms with Crippen LogP contribution in [0.4, 0.5) is 5.82 Å². The number of phosphoric acid groups is 1. The van der Waals surface area contributed by atoms with Gasteiger partial charge in [0.1, 0.15) is 24.1 Å². The van der Waals surface area contributed by atoms with Gasteiger partial charge >= 0.3 is 7.82 Å². The van der Waals surface area contributed by atoms with E-state index in [9.17, 15) is 14.8 Å². The molecule has 10 nitrogen and oxygen atoms in total. The monoisotopic (exact) mass is 295 g/mol. The maximum absolute atomic E-state index is 10.6. The standard InChI is InChI=1S/C8H14N3O7P/c9-5-1-10-3-11(5)8-7(13)6(12)4(18-8)2-17-19(14,15)16/h1,3-4,6-8,12-13H,2,9H2,(H2,14,15,16)/t4-,6-,7-,8-/m1/s1. The molecule has 0 saturated carbocycles.